The van der Waals surface area contributed by atoms with Gasteiger partial charge in [-0.2, -0.15) is 0 Å². The van der Waals surface area contributed by atoms with Crippen molar-refractivity contribution >= 4 is 178 Å². The average molecular weight is 1250 g/mol. The number of hydrogen-bond donors (Lipinski definition) is 0. The van der Waals surface area contributed by atoms with Crippen molar-refractivity contribution in [2.45, 2.75) is 12.8 Å². The van der Waals surface area contributed by atoms with Gasteiger partial charge in [-0.05, 0) is 119 Å². The van der Waals surface area contributed by atoms with E-state index in [1.807, 2.05) is 45.3 Å². The number of allylic oxidation sites excluding steroid dienone is 4. The van der Waals surface area contributed by atoms with E-state index < -0.39 is 16.1 Å². The summed E-state index contributed by atoms with van der Waals surface area (Å²) in [4.78, 5) is 0. The fraction of sp³-hybridized carbons (Fsp3) is 0.0238. The Kier molecular flexibility index (Phi) is 12.9. The quantitative estimate of drug-likeness (QED) is 0.0894. The molecule has 90 heavy (non-hydrogen) atoms. The van der Waals surface area contributed by atoms with Gasteiger partial charge in [0.05, 0.1) is 0 Å². The zero-order chi connectivity index (χ0) is 59.3. The molecule has 13 aromatic carbocycles. The average Bonchev–Trinajstić information content (AvgIpc) is 1.37. The Morgan fingerprint density at radius 2 is 0.633 bits per heavy atom. The van der Waals surface area contributed by atoms with Gasteiger partial charge in [-0.15, -0.1) is 45.3 Å². The van der Waals surface area contributed by atoms with Crippen LogP contribution in [-0.2, 0) is 0 Å². The third-order valence-corrected chi connectivity index (χ3v) is 34.3. The van der Waals surface area contributed by atoms with Crippen molar-refractivity contribution in [2.24, 2.45) is 0 Å². The number of fused-ring (bicyclic) bond motifs is 12. The van der Waals surface area contributed by atoms with Gasteiger partial charge in [0.15, 0.2) is 16.1 Å². The van der Waals surface area contributed by atoms with Crippen molar-refractivity contribution in [1.82, 2.24) is 0 Å². The SMILES string of the molecule is C1=CCCC([Si](c2ccccc2)(c2cccc(-c3cccc4c3sc3ccccc34)c2)c2cccc(-c3cccc4c3sc3ccc(-c5ccc6sc7c([Si](c8ccccc8)(c8ccccc8)c8cccc9c8sc8ccccc89)cccc7c6c5)cc34)c2)=C1. The third kappa shape index (κ3) is 8.33. The summed E-state index contributed by atoms with van der Waals surface area (Å²) in [6, 6.07) is 114. The minimum absolute atomic E-state index is 1.03. The molecule has 0 saturated heterocycles. The molecule has 0 aliphatic heterocycles. The maximum atomic E-state index is 2.57. The molecule has 1 aliphatic carbocycles. The number of rotatable bonds is 11. The van der Waals surface area contributed by atoms with Gasteiger partial charge in [0.2, 0.25) is 0 Å². The van der Waals surface area contributed by atoms with E-state index in [4.69, 9.17) is 0 Å². The van der Waals surface area contributed by atoms with Crippen molar-refractivity contribution in [3.8, 4) is 33.4 Å². The van der Waals surface area contributed by atoms with Crippen LogP contribution in [0.2, 0.25) is 0 Å². The molecule has 4 aromatic heterocycles. The highest BCUT2D eigenvalue weighted by Gasteiger charge is 2.46. The van der Waals surface area contributed by atoms with Gasteiger partial charge in [-0.25, -0.2) is 0 Å². The predicted octanol–water partition coefficient (Wildman–Crippen LogP) is 19.8. The molecule has 0 spiro atoms. The second-order valence-corrected chi connectivity index (χ2v) is 35.8. The van der Waals surface area contributed by atoms with Crippen molar-refractivity contribution in [3.05, 3.63) is 321 Å². The molecule has 0 N–H and O–H groups in total. The van der Waals surface area contributed by atoms with Crippen LogP contribution < -0.4 is 36.3 Å². The minimum atomic E-state index is -2.97. The molecular formula is C84H56S4Si2. The number of thiophene rings is 4. The smallest absolute Gasteiger partial charge is 0.135 e. The summed E-state index contributed by atoms with van der Waals surface area (Å²) in [6.07, 6.45) is 9.18. The van der Waals surface area contributed by atoms with Crippen LogP contribution in [0.15, 0.2) is 321 Å². The fourth-order valence-electron chi connectivity index (χ4n) is 15.3. The second kappa shape index (κ2) is 21.7. The molecule has 18 rings (SSSR count). The molecule has 0 radical (unpaired) electrons. The van der Waals surface area contributed by atoms with Gasteiger partial charge in [-0.3, -0.25) is 0 Å². The lowest BCUT2D eigenvalue weighted by atomic mass is 9.99. The Morgan fingerprint density at radius 1 is 0.256 bits per heavy atom. The molecule has 424 valence electrons. The molecular weight excluding hydrogens is 1190 g/mol. The molecule has 0 amide bonds. The summed E-state index contributed by atoms with van der Waals surface area (Å²) in [5, 5.41) is 22.1. The first-order valence-corrected chi connectivity index (χ1v) is 38.3. The van der Waals surface area contributed by atoms with E-state index in [2.05, 4.69) is 315 Å². The molecule has 0 fully saturated rings. The lowest BCUT2D eigenvalue weighted by molar-refractivity contribution is 1.01. The summed E-state index contributed by atoms with van der Waals surface area (Å²) in [7, 11) is -5.85. The van der Waals surface area contributed by atoms with E-state index in [9.17, 15) is 0 Å². The predicted molar refractivity (Wildman–Crippen MR) is 402 cm³/mol. The molecule has 1 aliphatic rings. The maximum absolute atomic E-state index is 2.97. The van der Waals surface area contributed by atoms with Crippen LogP contribution in [-0.4, -0.2) is 16.1 Å². The zero-order valence-corrected chi connectivity index (χ0v) is 54.3. The lowest BCUT2D eigenvalue weighted by Gasteiger charge is -2.37. The van der Waals surface area contributed by atoms with Crippen molar-refractivity contribution in [3.63, 3.8) is 0 Å². The van der Waals surface area contributed by atoms with Crippen molar-refractivity contribution in [2.75, 3.05) is 0 Å². The Balaban J connectivity index is 0.766. The maximum Gasteiger partial charge on any atom is 0.182 e. The topological polar surface area (TPSA) is 0 Å². The normalized spacial score (nSPS) is 13.6. The standard InChI is InChI=1S/C84H56S4Si2/c1-5-25-59(26-6-1)89(60-27-7-2-8-28-60,63-33-17-23-57(51-63)65-37-19-39-69-67-35-13-15-43-75(67)85-81(65)69)64-34-18-24-58(52-64)66-38-20-40-71-73-53-55(47-49-77(73)86-82(66)71)56-48-50-78-74(54-56)72-42-22-46-80(84(72)88-78)90(61-29-9-3-10-30-61,62-31-11-4-12-32-62)79-45-21-41-70-68-36-14-16-44-76(68)87-83(70)79/h1-7,9-27,29-54H,8,28H2. The van der Waals surface area contributed by atoms with E-state index in [0.717, 1.165) is 12.8 Å². The number of benzene rings is 13. The van der Waals surface area contributed by atoms with Crippen LogP contribution in [0.3, 0.4) is 0 Å². The molecule has 6 heteroatoms. The zero-order valence-electron chi connectivity index (χ0n) is 49.1. The Hall–Kier alpha value is -9.35. The Labute approximate surface area is 540 Å². The first-order chi connectivity index (χ1) is 44.6. The van der Waals surface area contributed by atoms with Gasteiger partial charge in [0.25, 0.3) is 0 Å². The van der Waals surface area contributed by atoms with Gasteiger partial charge >= 0.3 is 0 Å². The van der Waals surface area contributed by atoms with Crippen LogP contribution in [0, 0.1) is 0 Å². The molecule has 0 saturated carbocycles. The molecule has 17 aromatic rings. The highest BCUT2D eigenvalue weighted by Crippen LogP contribution is 2.45. The van der Waals surface area contributed by atoms with Crippen LogP contribution in [0.4, 0.5) is 0 Å². The van der Waals surface area contributed by atoms with Crippen molar-refractivity contribution < 1.29 is 0 Å². The van der Waals surface area contributed by atoms with E-state index in [0.29, 0.717) is 0 Å². The van der Waals surface area contributed by atoms with Crippen LogP contribution in [0.5, 0.6) is 0 Å². The monoisotopic (exact) mass is 1250 g/mol. The summed E-state index contributed by atoms with van der Waals surface area (Å²) in [5.74, 6) is 0. The van der Waals surface area contributed by atoms with Gasteiger partial charge in [0, 0.05) is 80.7 Å². The van der Waals surface area contributed by atoms with Crippen LogP contribution in [0.1, 0.15) is 12.8 Å². The van der Waals surface area contributed by atoms with Gasteiger partial charge in [0.1, 0.15) is 0 Å². The molecule has 0 bridgehead atoms. The first kappa shape index (κ1) is 53.7. The minimum Gasteiger partial charge on any atom is -0.135 e. The van der Waals surface area contributed by atoms with Crippen LogP contribution >= 0.6 is 45.3 Å². The number of hydrogen-bond acceptors (Lipinski definition) is 4. The van der Waals surface area contributed by atoms with E-state index in [-0.39, 0.29) is 0 Å². The summed E-state index contributed by atoms with van der Waals surface area (Å²) >= 11 is 7.75. The lowest BCUT2D eigenvalue weighted by Crippen LogP contribution is -2.74. The third-order valence-electron chi connectivity index (χ3n) is 19.3. The Bertz CT molecular complexity index is 5710. The van der Waals surface area contributed by atoms with E-state index in [1.165, 1.54) is 150 Å². The fourth-order valence-corrected chi connectivity index (χ4v) is 31.2. The molecule has 4 heterocycles. The van der Waals surface area contributed by atoms with Crippen LogP contribution in [0.25, 0.3) is 114 Å². The molecule has 1 atom stereocenters. The van der Waals surface area contributed by atoms with Crippen molar-refractivity contribution in [1.29, 1.82) is 0 Å². The summed E-state index contributed by atoms with van der Waals surface area (Å²) in [5.41, 5.74) is 7.59. The summed E-state index contributed by atoms with van der Waals surface area (Å²) < 4.78 is 10.7. The van der Waals surface area contributed by atoms with E-state index >= 15 is 0 Å². The largest absolute Gasteiger partial charge is 0.182 e. The Morgan fingerprint density at radius 3 is 1.12 bits per heavy atom. The van der Waals surface area contributed by atoms with Gasteiger partial charge < -0.3 is 0 Å². The highest BCUT2D eigenvalue weighted by atomic mass is 32.1. The highest BCUT2D eigenvalue weighted by molar-refractivity contribution is 7.34. The second-order valence-electron chi connectivity index (χ2n) is 24.0. The molecule has 0 nitrogen and oxygen atoms in total. The summed E-state index contributed by atoms with van der Waals surface area (Å²) in [6.45, 7) is 0. The first-order valence-electron chi connectivity index (χ1n) is 31.1. The van der Waals surface area contributed by atoms with E-state index in [1.54, 1.807) is 5.20 Å². The molecule has 1 unspecified atom stereocenters. The van der Waals surface area contributed by atoms with Gasteiger partial charge in [-0.1, -0.05) is 284 Å².